The number of hydrogen-bond acceptors (Lipinski definition) is 3. The van der Waals surface area contributed by atoms with Crippen molar-refractivity contribution >= 4 is 11.8 Å². The third-order valence-corrected chi connectivity index (χ3v) is 2.73. The van der Waals surface area contributed by atoms with Gasteiger partial charge >= 0.3 is 6.09 Å². The van der Waals surface area contributed by atoms with Gasteiger partial charge in [-0.2, -0.15) is 0 Å². The second kappa shape index (κ2) is 4.09. The number of rotatable bonds is 2. The fraction of sp³-hybridized carbons (Fsp3) is 0.364. The third kappa shape index (κ3) is 1.74. The van der Waals surface area contributed by atoms with E-state index in [2.05, 4.69) is 0 Å². The molecule has 5 heteroatoms. The standard InChI is InChI=1S/C11H13FN2O2/c1-7-10(6-13)16-11(15)14(7)9-4-2-8(12)3-5-9/h2-5,7,10H,6,13H2,1H3. The van der Waals surface area contributed by atoms with Crippen LogP contribution in [0.3, 0.4) is 0 Å². The van der Waals surface area contributed by atoms with Gasteiger partial charge in [0.1, 0.15) is 11.9 Å². The molecule has 0 aromatic heterocycles. The first kappa shape index (κ1) is 10.9. The van der Waals surface area contributed by atoms with Crippen molar-refractivity contribution in [1.29, 1.82) is 0 Å². The van der Waals surface area contributed by atoms with E-state index in [0.717, 1.165) is 0 Å². The monoisotopic (exact) mass is 224 g/mol. The van der Waals surface area contributed by atoms with Crippen molar-refractivity contribution < 1.29 is 13.9 Å². The number of carbonyl (C=O) groups is 1. The maximum atomic E-state index is 12.8. The zero-order chi connectivity index (χ0) is 11.7. The van der Waals surface area contributed by atoms with Crippen molar-refractivity contribution in [3.8, 4) is 0 Å². The van der Waals surface area contributed by atoms with Crippen LogP contribution in [-0.2, 0) is 4.74 Å². The molecule has 0 aliphatic carbocycles. The highest BCUT2D eigenvalue weighted by Crippen LogP contribution is 2.26. The van der Waals surface area contributed by atoms with Crippen LogP contribution in [0.15, 0.2) is 24.3 Å². The predicted molar refractivity (Wildman–Crippen MR) is 57.7 cm³/mol. The van der Waals surface area contributed by atoms with E-state index in [1.54, 1.807) is 12.1 Å². The van der Waals surface area contributed by atoms with Crippen LogP contribution in [0.2, 0.25) is 0 Å². The molecule has 1 saturated heterocycles. The van der Waals surface area contributed by atoms with Gasteiger partial charge in [0.05, 0.1) is 6.04 Å². The highest BCUT2D eigenvalue weighted by molar-refractivity contribution is 5.90. The molecule has 0 radical (unpaired) electrons. The highest BCUT2D eigenvalue weighted by atomic mass is 19.1. The topological polar surface area (TPSA) is 55.6 Å². The van der Waals surface area contributed by atoms with Gasteiger partial charge in [-0.05, 0) is 31.2 Å². The summed E-state index contributed by atoms with van der Waals surface area (Å²) in [5.41, 5.74) is 6.11. The Morgan fingerprint density at radius 3 is 2.56 bits per heavy atom. The second-order valence-corrected chi connectivity index (χ2v) is 3.74. The average molecular weight is 224 g/mol. The summed E-state index contributed by atoms with van der Waals surface area (Å²) in [6.45, 7) is 2.14. The molecular weight excluding hydrogens is 211 g/mol. The summed E-state index contributed by atoms with van der Waals surface area (Å²) in [4.78, 5) is 13.1. The minimum atomic E-state index is -0.436. The van der Waals surface area contributed by atoms with Gasteiger partial charge in [-0.1, -0.05) is 0 Å². The molecule has 0 bridgehead atoms. The van der Waals surface area contributed by atoms with Gasteiger partial charge < -0.3 is 10.5 Å². The minimum absolute atomic E-state index is 0.136. The van der Waals surface area contributed by atoms with Crippen molar-refractivity contribution in [2.45, 2.75) is 19.1 Å². The molecule has 2 atom stereocenters. The van der Waals surface area contributed by atoms with Crippen molar-refractivity contribution in [2.75, 3.05) is 11.4 Å². The summed E-state index contributed by atoms with van der Waals surface area (Å²) in [7, 11) is 0. The van der Waals surface area contributed by atoms with Gasteiger partial charge in [0, 0.05) is 12.2 Å². The smallest absolute Gasteiger partial charge is 0.415 e. The third-order valence-electron chi connectivity index (χ3n) is 2.73. The molecule has 2 N–H and O–H groups in total. The Balaban J connectivity index is 2.27. The number of nitrogens with two attached hydrogens (primary N) is 1. The lowest BCUT2D eigenvalue weighted by molar-refractivity contribution is 0.137. The molecule has 1 amide bonds. The number of hydrogen-bond donors (Lipinski definition) is 1. The summed E-state index contributed by atoms with van der Waals surface area (Å²) in [6.07, 6.45) is -0.743. The van der Waals surface area contributed by atoms with Crippen molar-refractivity contribution in [1.82, 2.24) is 0 Å². The molecule has 0 saturated carbocycles. The van der Waals surface area contributed by atoms with Crippen LogP contribution in [0.5, 0.6) is 0 Å². The van der Waals surface area contributed by atoms with Gasteiger partial charge in [0.25, 0.3) is 0 Å². The molecule has 1 heterocycles. The molecule has 1 aliphatic rings. The summed E-state index contributed by atoms with van der Waals surface area (Å²) >= 11 is 0. The number of nitrogens with zero attached hydrogens (tertiary/aromatic N) is 1. The Kier molecular flexibility index (Phi) is 2.78. The van der Waals surface area contributed by atoms with E-state index in [0.29, 0.717) is 5.69 Å². The molecule has 16 heavy (non-hydrogen) atoms. The van der Waals surface area contributed by atoms with E-state index >= 15 is 0 Å². The number of halogens is 1. The quantitative estimate of drug-likeness (QED) is 0.828. The molecule has 2 rings (SSSR count). The Bertz CT molecular complexity index is 393. The summed E-state index contributed by atoms with van der Waals surface area (Å²) in [5, 5.41) is 0. The van der Waals surface area contributed by atoms with E-state index in [4.69, 9.17) is 10.5 Å². The molecule has 0 spiro atoms. The molecule has 4 nitrogen and oxygen atoms in total. The molecule has 1 aliphatic heterocycles. The number of anilines is 1. The van der Waals surface area contributed by atoms with Crippen LogP contribution in [0.25, 0.3) is 0 Å². The van der Waals surface area contributed by atoms with Crippen LogP contribution < -0.4 is 10.6 Å². The second-order valence-electron chi connectivity index (χ2n) is 3.74. The van der Waals surface area contributed by atoms with Crippen molar-refractivity contribution in [3.63, 3.8) is 0 Å². The van der Waals surface area contributed by atoms with Crippen LogP contribution >= 0.6 is 0 Å². The lowest BCUT2D eigenvalue weighted by Gasteiger charge is -2.19. The van der Waals surface area contributed by atoms with E-state index in [1.807, 2.05) is 6.92 Å². The van der Waals surface area contributed by atoms with Crippen LogP contribution in [0.1, 0.15) is 6.92 Å². The first-order valence-corrected chi connectivity index (χ1v) is 5.09. The van der Waals surface area contributed by atoms with Crippen molar-refractivity contribution in [3.05, 3.63) is 30.1 Å². The number of cyclic esters (lactones) is 1. The largest absolute Gasteiger partial charge is 0.442 e. The number of benzene rings is 1. The maximum Gasteiger partial charge on any atom is 0.415 e. The molecule has 1 aromatic rings. The Labute approximate surface area is 92.8 Å². The van der Waals surface area contributed by atoms with Crippen molar-refractivity contribution in [2.24, 2.45) is 5.73 Å². The molecule has 2 unspecified atom stereocenters. The van der Waals surface area contributed by atoms with Crippen LogP contribution in [-0.4, -0.2) is 24.8 Å². The lowest BCUT2D eigenvalue weighted by atomic mass is 10.1. The van der Waals surface area contributed by atoms with Gasteiger partial charge in [-0.25, -0.2) is 9.18 Å². The van der Waals surface area contributed by atoms with E-state index < -0.39 is 6.09 Å². The fourth-order valence-corrected chi connectivity index (χ4v) is 1.80. The molecule has 1 fully saturated rings. The first-order chi connectivity index (χ1) is 7.63. The first-order valence-electron chi connectivity index (χ1n) is 5.09. The highest BCUT2D eigenvalue weighted by Gasteiger charge is 2.38. The van der Waals surface area contributed by atoms with Gasteiger partial charge in [-0.3, -0.25) is 4.90 Å². The Hall–Kier alpha value is -1.62. The predicted octanol–water partition coefficient (Wildman–Crippen LogP) is 1.50. The van der Waals surface area contributed by atoms with Crippen LogP contribution in [0.4, 0.5) is 14.9 Å². The van der Waals surface area contributed by atoms with E-state index in [1.165, 1.54) is 17.0 Å². The summed E-state index contributed by atoms with van der Waals surface area (Å²) < 4.78 is 17.8. The average Bonchev–Trinajstić information content (AvgIpc) is 2.56. The fourth-order valence-electron chi connectivity index (χ4n) is 1.80. The number of ether oxygens (including phenoxy) is 1. The maximum absolute atomic E-state index is 12.8. The van der Waals surface area contributed by atoms with E-state index in [9.17, 15) is 9.18 Å². The lowest BCUT2D eigenvalue weighted by Crippen LogP contribution is -2.37. The van der Waals surface area contributed by atoms with Crippen LogP contribution in [0, 0.1) is 5.82 Å². The van der Waals surface area contributed by atoms with Gasteiger partial charge in [-0.15, -0.1) is 0 Å². The SMILES string of the molecule is CC1C(CN)OC(=O)N1c1ccc(F)cc1. The minimum Gasteiger partial charge on any atom is -0.442 e. The summed E-state index contributed by atoms with van der Waals surface area (Å²) in [6, 6.07) is 5.58. The zero-order valence-electron chi connectivity index (χ0n) is 8.89. The number of carbonyl (C=O) groups excluding carboxylic acids is 1. The Morgan fingerprint density at radius 2 is 2.06 bits per heavy atom. The summed E-state index contributed by atoms with van der Waals surface area (Å²) in [5.74, 6) is -0.334. The Morgan fingerprint density at radius 1 is 1.44 bits per heavy atom. The number of amides is 1. The molecular formula is C11H13FN2O2. The van der Waals surface area contributed by atoms with Gasteiger partial charge in [0.2, 0.25) is 0 Å². The molecule has 1 aromatic carbocycles. The van der Waals surface area contributed by atoms with Gasteiger partial charge in [0.15, 0.2) is 0 Å². The normalized spacial score (nSPS) is 24.7. The zero-order valence-corrected chi connectivity index (χ0v) is 8.89. The molecule has 86 valence electrons. The van der Waals surface area contributed by atoms with E-state index in [-0.39, 0.29) is 24.5 Å².